The van der Waals surface area contributed by atoms with Crippen molar-refractivity contribution in [3.63, 3.8) is 0 Å². The Morgan fingerprint density at radius 2 is 2.15 bits per heavy atom. The van der Waals surface area contributed by atoms with E-state index in [1.54, 1.807) is 0 Å². The molecule has 0 heterocycles. The first-order valence-electron chi connectivity index (χ1n) is 4.10. The molecule has 0 spiro atoms. The molecule has 1 fully saturated rings. The number of carbonyl (C=O) groups excluding carboxylic acids is 1. The molecule has 6 heteroatoms. The number of hydrogen-bond acceptors (Lipinski definition) is 4. The van der Waals surface area contributed by atoms with Crippen molar-refractivity contribution in [3.05, 3.63) is 0 Å². The normalized spacial score (nSPS) is 34.5. The molecule has 1 aliphatic rings. The van der Waals surface area contributed by atoms with Crippen molar-refractivity contribution >= 4 is 28.5 Å². The molecule has 0 bridgehead atoms. The lowest BCUT2D eigenvalue weighted by Gasteiger charge is -2.29. The van der Waals surface area contributed by atoms with Crippen molar-refractivity contribution in [2.75, 3.05) is 0 Å². The average Bonchev–Trinajstić information content (AvgIpc) is 2.08. The Labute approximate surface area is 90.1 Å². The lowest BCUT2D eigenvalue weighted by atomic mass is 9.87. The summed E-state index contributed by atoms with van der Waals surface area (Å²) in [4.78, 5) is 19.9. The molecular weight excluding hydrogens is 287 g/mol. The number of hydrogen-bond donors (Lipinski definition) is 2. The van der Waals surface area contributed by atoms with Gasteiger partial charge in [-0.1, -0.05) is 22.6 Å². The Kier molecular flexibility index (Phi) is 4.36. The summed E-state index contributed by atoms with van der Waals surface area (Å²) in [7, 11) is 0. The van der Waals surface area contributed by atoms with Gasteiger partial charge in [0, 0.05) is 3.92 Å². The quantitative estimate of drug-likeness (QED) is 0.339. The Morgan fingerprint density at radius 3 is 2.69 bits per heavy atom. The van der Waals surface area contributed by atoms with E-state index >= 15 is 0 Å². The highest BCUT2D eigenvalue weighted by molar-refractivity contribution is 14.1. The number of primary amides is 1. The standard InChI is InChI=1S/C7H13IN2O3/c8-6-2-1-4(12-13-10)3-5(6)7(9)11/h4-6H,1-3,10H2,(H2,9,11). The zero-order chi connectivity index (χ0) is 9.84. The van der Waals surface area contributed by atoms with Crippen molar-refractivity contribution in [3.8, 4) is 0 Å². The van der Waals surface area contributed by atoms with Crippen LogP contribution in [0.3, 0.4) is 0 Å². The summed E-state index contributed by atoms with van der Waals surface area (Å²) in [6.45, 7) is 0. The van der Waals surface area contributed by atoms with Crippen molar-refractivity contribution in [2.24, 2.45) is 17.5 Å². The predicted octanol–water partition coefficient (Wildman–Crippen LogP) is 0.266. The zero-order valence-electron chi connectivity index (χ0n) is 7.11. The van der Waals surface area contributed by atoms with E-state index < -0.39 is 0 Å². The third kappa shape index (κ3) is 3.04. The van der Waals surface area contributed by atoms with Crippen LogP contribution < -0.4 is 11.6 Å². The molecule has 1 amide bonds. The predicted molar refractivity (Wildman–Crippen MR) is 54.5 cm³/mol. The van der Waals surface area contributed by atoms with Gasteiger partial charge < -0.3 is 5.73 Å². The summed E-state index contributed by atoms with van der Waals surface area (Å²) >= 11 is 2.24. The number of alkyl halides is 1. The first kappa shape index (κ1) is 11.2. The molecule has 0 aromatic heterocycles. The molecule has 1 saturated carbocycles. The van der Waals surface area contributed by atoms with Crippen LogP contribution in [0.4, 0.5) is 0 Å². The molecule has 0 aromatic rings. The monoisotopic (exact) mass is 300 g/mol. The molecule has 0 aromatic carbocycles. The van der Waals surface area contributed by atoms with Crippen LogP contribution in [-0.4, -0.2) is 15.9 Å². The summed E-state index contributed by atoms with van der Waals surface area (Å²) in [5, 5.41) is 0. The molecule has 1 rings (SSSR count). The van der Waals surface area contributed by atoms with E-state index in [4.69, 9.17) is 16.5 Å². The minimum absolute atomic E-state index is 0.103. The number of carbonyl (C=O) groups is 1. The van der Waals surface area contributed by atoms with E-state index in [2.05, 4.69) is 27.6 Å². The van der Waals surface area contributed by atoms with E-state index in [9.17, 15) is 4.79 Å². The summed E-state index contributed by atoms with van der Waals surface area (Å²) in [5.41, 5.74) is 5.24. The third-order valence-corrected chi connectivity index (χ3v) is 3.77. The van der Waals surface area contributed by atoms with Gasteiger partial charge in [0.05, 0.1) is 12.0 Å². The fraction of sp³-hybridized carbons (Fsp3) is 0.857. The minimum Gasteiger partial charge on any atom is -0.369 e. The smallest absolute Gasteiger partial charge is 0.221 e. The highest BCUT2D eigenvalue weighted by atomic mass is 127. The molecule has 1 aliphatic carbocycles. The first-order chi connectivity index (χ1) is 6.15. The molecule has 0 saturated heterocycles. The van der Waals surface area contributed by atoms with Crippen LogP contribution in [0, 0.1) is 5.92 Å². The van der Waals surface area contributed by atoms with E-state index in [1.807, 2.05) is 0 Å². The Bertz CT molecular complexity index is 191. The zero-order valence-corrected chi connectivity index (χ0v) is 9.27. The first-order valence-corrected chi connectivity index (χ1v) is 5.35. The second-order valence-electron chi connectivity index (χ2n) is 3.15. The molecular formula is C7H13IN2O3. The van der Waals surface area contributed by atoms with E-state index in [-0.39, 0.29) is 17.9 Å². The Hall–Kier alpha value is 0.0800. The van der Waals surface area contributed by atoms with Crippen LogP contribution >= 0.6 is 22.6 Å². The van der Waals surface area contributed by atoms with Crippen molar-refractivity contribution in [2.45, 2.75) is 29.3 Å². The van der Waals surface area contributed by atoms with Crippen LogP contribution in [0.5, 0.6) is 0 Å². The van der Waals surface area contributed by atoms with Crippen molar-refractivity contribution in [1.82, 2.24) is 0 Å². The lowest BCUT2D eigenvalue weighted by Crippen LogP contribution is -2.38. The summed E-state index contributed by atoms with van der Waals surface area (Å²) in [5.74, 6) is 4.37. The van der Waals surface area contributed by atoms with Gasteiger partial charge in [-0.3, -0.25) is 4.79 Å². The van der Waals surface area contributed by atoms with E-state index in [0.29, 0.717) is 10.3 Å². The number of nitrogens with two attached hydrogens (primary N) is 2. The maximum atomic E-state index is 11.0. The minimum atomic E-state index is -0.273. The highest BCUT2D eigenvalue weighted by Crippen LogP contribution is 2.31. The summed E-state index contributed by atoms with van der Waals surface area (Å²) < 4.78 is 0.299. The number of rotatable bonds is 3. The van der Waals surface area contributed by atoms with Crippen LogP contribution in [0.25, 0.3) is 0 Å². The van der Waals surface area contributed by atoms with Gasteiger partial charge in [-0.25, -0.2) is 4.89 Å². The van der Waals surface area contributed by atoms with Crippen LogP contribution in [-0.2, 0) is 14.7 Å². The van der Waals surface area contributed by atoms with Gasteiger partial charge in [0.25, 0.3) is 0 Å². The van der Waals surface area contributed by atoms with Crippen molar-refractivity contribution < 1.29 is 14.7 Å². The molecule has 3 atom stereocenters. The summed E-state index contributed by atoms with van der Waals surface area (Å²) in [6.07, 6.45) is 2.25. The molecule has 13 heavy (non-hydrogen) atoms. The second-order valence-corrected chi connectivity index (χ2v) is 4.75. The van der Waals surface area contributed by atoms with Gasteiger partial charge in [0.2, 0.25) is 5.91 Å². The fourth-order valence-corrected chi connectivity index (χ4v) is 2.56. The topological polar surface area (TPSA) is 87.6 Å². The molecule has 76 valence electrons. The van der Waals surface area contributed by atoms with E-state index in [0.717, 1.165) is 12.8 Å². The van der Waals surface area contributed by atoms with Gasteiger partial charge in [0.15, 0.2) is 0 Å². The van der Waals surface area contributed by atoms with E-state index in [1.165, 1.54) is 0 Å². The van der Waals surface area contributed by atoms with Crippen LogP contribution in [0.1, 0.15) is 19.3 Å². The van der Waals surface area contributed by atoms with Crippen LogP contribution in [0.15, 0.2) is 0 Å². The molecule has 0 radical (unpaired) electrons. The lowest BCUT2D eigenvalue weighted by molar-refractivity contribution is -0.334. The Balaban J connectivity index is 2.47. The average molecular weight is 300 g/mol. The number of halogens is 1. The van der Waals surface area contributed by atoms with Crippen molar-refractivity contribution in [1.29, 1.82) is 0 Å². The highest BCUT2D eigenvalue weighted by Gasteiger charge is 2.33. The van der Waals surface area contributed by atoms with Gasteiger partial charge >= 0.3 is 0 Å². The Morgan fingerprint density at radius 1 is 1.46 bits per heavy atom. The van der Waals surface area contributed by atoms with Gasteiger partial charge in [-0.05, 0) is 19.3 Å². The maximum absolute atomic E-state index is 11.0. The third-order valence-electron chi connectivity index (χ3n) is 2.27. The maximum Gasteiger partial charge on any atom is 0.221 e. The molecule has 3 unspecified atom stereocenters. The van der Waals surface area contributed by atoms with Gasteiger partial charge in [0.1, 0.15) is 0 Å². The largest absolute Gasteiger partial charge is 0.369 e. The SMILES string of the molecule is NOOC1CCC(I)C(C(N)=O)C1. The second kappa shape index (κ2) is 5.08. The summed E-state index contributed by atoms with van der Waals surface area (Å²) in [6, 6.07) is 0. The van der Waals surface area contributed by atoms with Crippen LogP contribution in [0.2, 0.25) is 0 Å². The molecule has 5 nitrogen and oxygen atoms in total. The van der Waals surface area contributed by atoms with Gasteiger partial charge in [-0.2, -0.15) is 5.90 Å². The fourth-order valence-electron chi connectivity index (χ4n) is 1.56. The number of amides is 1. The van der Waals surface area contributed by atoms with Gasteiger partial charge in [-0.15, -0.1) is 4.99 Å². The molecule has 0 aliphatic heterocycles. The molecule has 4 N–H and O–H groups in total.